The number of hydrogen-bond acceptors (Lipinski definition) is 0. The first-order valence-electron chi connectivity index (χ1n) is 11.9. The van der Waals surface area contributed by atoms with Crippen LogP contribution in [0.3, 0.4) is 0 Å². The lowest BCUT2D eigenvalue weighted by molar-refractivity contribution is 0.286. The van der Waals surface area contributed by atoms with Gasteiger partial charge in [0.1, 0.15) is 0 Å². The summed E-state index contributed by atoms with van der Waals surface area (Å²) in [5, 5.41) is 0. The highest BCUT2D eigenvalue weighted by Gasteiger charge is 2.16. The predicted octanol–water partition coefficient (Wildman–Crippen LogP) is 8.83. The number of rotatable bonds is 0. The van der Waals surface area contributed by atoms with Gasteiger partial charge in [-0.3, -0.25) is 0 Å². The van der Waals surface area contributed by atoms with Gasteiger partial charge in [0.15, 0.2) is 0 Å². The van der Waals surface area contributed by atoms with Crippen molar-refractivity contribution in [3.63, 3.8) is 0 Å². The van der Waals surface area contributed by atoms with Gasteiger partial charge in [-0.05, 0) is 11.8 Å². The lowest BCUT2D eigenvalue weighted by Crippen LogP contribution is -2.10. The second-order valence-electron chi connectivity index (χ2n) is 9.12. The summed E-state index contributed by atoms with van der Waals surface area (Å²) in [6.07, 6.45) is 33.5. The fourth-order valence-corrected chi connectivity index (χ4v) is 5.24. The maximum Gasteiger partial charge on any atom is -0.0414 e. The summed E-state index contributed by atoms with van der Waals surface area (Å²) < 4.78 is 0. The van der Waals surface area contributed by atoms with Crippen molar-refractivity contribution >= 4 is 0 Å². The summed E-state index contributed by atoms with van der Waals surface area (Å²) >= 11 is 0. The van der Waals surface area contributed by atoms with Crippen LogP contribution in [0.25, 0.3) is 0 Å². The first-order chi connectivity index (χ1) is 11.9. The van der Waals surface area contributed by atoms with Crippen LogP contribution >= 0.6 is 0 Å². The molecule has 3 aliphatic rings. The van der Waals surface area contributed by atoms with Crippen molar-refractivity contribution in [3.8, 4) is 0 Å². The molecular formula is C24H46. The molecule has 0 radical (unpaired) electrons. The van der Waals surface area contributed by atoms with E-state index in [1.54, 1.807) is 38.5 Å². The van der Waals surface area contributed by atoms with E-state index in [9.17, 15) is 0 Å². The molecule has 0 nitrogen and oxygen atoms in total. The molecule has 0 heteroatoms. The Labute approximate surface area is 153 Å². The lowest BCUT2D eigenvalue weighted by Gasteiger charge is -2.24. The van der Waals surface area contributed by atoms with Crippen molar-refractivity contribution in [2.75, 3.05) is 0 Å². The van der Waals surface area contributed by atoms with Gasteiger partial charge in [0.2, 0.25) is 0 Å². The summed E-state index contributed by atoms with van der Waals surface area (Å²) in [6, 6.07) is 0. The molecule has 0 aromatic carbocycles. The minimum atomic E-state index is 1.08. The second kappa shape index (κ2) is 14.2. The molecule has 0 N–H and O–H groups in total. The molecule has 0 atom stereocenters. The third kappa shape index (κ3) is 10.1. The van der Waals surface area contributed by atoms with E-state index in [-0.39, 0.29) is 0 Å². The first kappa shape index (κ1) is 20.3. The topological polar surface area (TPSA) is 0 Å². The molecule has 0 unspecified atom stereocenters. The molecule has 0 heterocycles. The molecule has 24 heavy (non-hydrogen) atoms. The molecular weight excluding hydrogens is 288 g/mol. The van der Waals surface area contributed by atoms with Gasteiger partial charge in [0.05, 0.1) is 0 Å². The molecule has 0 spiro atoms. The summed E-state index contributed by atoms with van der Waals surface area (Å²) in [7, 11) is 0. The normalized spacial score (nSPS) is 31.0. The summed E-state index contributed by atoms with van der Waals surface area (Å²) in [5.74, 6) is 2.17. The van der Waals surface area contributed by atoms with Crippen LogP contribution in [0, 0.1) is 11.8 Å². The van der Waals surface area contributed by atoms with E-state index >= 15 is 0 Å². The summed E-state index contributed by atoms with van der Waals surface area (Å²) in [5.41, 5.74) is 0. The van der Waals surface area contributed by atoms with Crippen molar-refractivity contribution in [2.24, 2.45) is 11.8 Å². The lowest BCUT2D eigenvalue weighted by atomic mass is 9.82. The fraction of sp³-hybridized carbons (Fsp3) is 1.00. The van der Waals surface area contributed by atoms with Crippen molar-refractivity contribution in [1.82, 2.24) is 0 Å². The third-order valence-electron chi connectivity index (χ3n) is 6.92. The van der Waals surface area contributed by atoms with Crippen LogP contribution < -0.4 is 0 Å². The van der Waals surface area contributed by atoms with Crippen LogP contribution in [0.15, 0.2) is 0 Å². The zero-order valence-corrected chi connectivity index (χ0v) is 16.7. The molecule has 2 bridgehead atoms. The first-order valence-corrected chi connectivity index (χ1v) is 11.9. The van der Waals surface area contributed by atoms with Crippen LogP contribution in [0.5, 0.6) is 0 Å². The Kier molecular flexibility index (Phi) is 12.0. The van der Waals surface area contributed by atoms with Gasteiger partial charge < -0.3 is 0 Å². The zero-order chi connectivity index (χ0) is 16.7. The van der Waals surface area contributed by atoms with Gasteiger partial charge in [0.25, 0.3) is 0 Å². The van der Waals surface area contributed by atoms with E-state index in [4.69, 9.17) is 0 Å². The van der Waals surface area contributed by atoms with Crippen LogP contribution in [0.2, 0.25) is 0 Å². The molecule has 142 valence electrons. The summed E-state index contributed by atoms with van der Waals surface area (Å²) in [6.45, 7) is 0. The summed E-state index contributed by atoms with van der Waals surface area (Å²) in [4.78, 5) is 0. The molecule has 3 saturated carbocycles. The van der Waals surface area contributed by atoms with Gasteiger partial charge in [0, 0.05) is 0 Å². The van der Waals surface area contributed by atoms with Crippen molar-refractivity contribution in [1.29, 1.82) is 0 Å². The van der Waals surface area contributed by atoms with Crippen molar-refractivity contribution in [3.05, 3.63) is 0 Å². The predicted molar refractivity (Wildman–Crippen MR) is 109 cm³/mol. The fourth-order valence-electron chi connectivity index (χ4n) is 5.24. The monoisotopic (exact) mass is 334 g/mol. The number of fused-ring (bicyclic) bond motifs is 19. The molecule has 0 aliphatic heterocycles. The molecule has 0 amide bonds. The number of hydrogen-bond donors (Lipinski definition) is 0. The third-order valence-corrected chi connectivity index (χ3v) is 6.92. The van der Waals surface area contributed by atoms with Crippen LogP contribution in [0.1, 0.15) is 141 Å². The Morgan fingerprint density at radius 2 is 0.417 bits per heavy atom. The van der Waals surface area contributed by atoms with E-state index < -0.39 is 0 Å². The quantitative estimate of drug-likeness (QED) is 0.415. The maximum atomic E-state index is 1.55. The van der Waals surface area contributed by atoms with Crippen molar-refractivity contribution < 1.29 is 0 Å². The van der Waals surface area contributed by atoms with Gasteiger partial charge in [-0.15, -0.1) is 0 Å². The minimum Gasteiger partial charge on any atom is -0.0533 e. The Balaban J connectivity index is 1.67. The Morgan fingerprint density at radius 1 is 0.208 bits per heavy atom. The average molecular weight is 335 g/mol. The SMILES string of the molecule is C1CCCCCCCCC2CCCC(CCCCCCC1)CCC2. The second-order valence-corrected chi connectivity index (χ2v) is 9.12. The zero-order valence-electron chi connectivity index (χ0n) is 16.7. The maximum absolute atomic E-state index is 1.55. The molecule has 0 saturated heterocycles. The molecule has 3 fully saturated rings. The minimum absolute atomic E-state index is 1.08. The van der Waals surface area contributed by atoms with E-state index in [1.807, 2.05) is 0 Å². The average Bonchev–Trinajstić information content (AvgIpc) is 2.56. The van der Waals surface area contributed by atoms with Gasteiger partial charge in [-0.25, -0.2) is 0 Å². The van der Waals surface area contributed by atoms with Crippen LogP contribution in [-0.2, 0) is 0 Å². The smallest absolute Gasteiger partial charge is 0.0414 e. The van der Waals surface area contributed by atoms with Gasteiger partial charge in [-0.2, -0.15) is 0 Å². The Bertz CT molecular complexity index is 228. The van der Waals surface area contributed by atoms with Gasteiger partial charge in [-0.1, -0.05) is 141 Å². The van der Waals surface area contributed by atoms with E-state index in [2.05, 4.69) is 0 Å². The van der Waals surface area contributed by atoms with Gasteiger partial charge >= 0.3 is 0 Å². The standard InChI is InChI=1S/C24H46/c1-2-4-6-8-10-12-14-18-24-21-15-19-23(20-16-22-24)17-13-11-9-7-5-3-1/h23-24H,1-22H2. The Hall–Kier alpha value is 0. The highest BCUT2D eigenvalue weighted by atomic mass is 14.2. The largest absolute Gasteiger partial charge is 0.0533 e. The van der Waals surface area contributed by atoms with Crippen LogP contribution in [-0.4, -0.2) is 0 Å². The Morgan fingerprint density at radius 3 is 0.708 bits per heavy atom. The molecule has 0 aromatic heterocycles. The van der Waals surface area contributed by atoms with Crippen molar-refractivity contribution in [2.45, 2.75) is 141 Å². The van der Waals surface area contributed by atoms with E-state index in [0.717, 1.165) is 11.8 Å². The molecule has 3 rings (SSSR count). The van der Waals surface area contributed by atoms with E-state index in [1.165, 1.54) is 103 Å². The molecule has 3 aliphatic carbocycles. The highest BCUT2D eigenvalue weighted by Crippen LogP contribution is 2.31. The van der Waals surface area contributed by atoms with E-state index in [0.29, 0.717) is 0 Å². The molecule has 0 aromatic rings. The highest BCUT2D eigenvalue weighted by molar-refractivity contribution is 4.69. The van der Waals surface area contributed by atoms with Crippen LogP contribution in [0.4, 0.5) is 0 Å².